The Morgan fingerprint density at radius 1 is 1.29 bits per heavy atom. The van der Waals surface area contributed by atoms with Gasteiger partial charge in [-0.1, -0.05) is 19.3 Å². The Labute approximate surface area is 204 Å². The summed E-state index contributed by atoms with van der Waals surface area (Å²) in [6, 6.07) is 0.755. The molecule has 34 heavy (non-hydrogen) atoms. The number of ether oxygens (including phenoxy) is 1. The first-order valence-corrected chi connectivity index (χ1v) is 12.6. The van der Waals surface area contributed by atoms with Crippen molar-refractivity contribution in [3.63, 3.8) is 0 Å². The molecule has 2 aliphatic heterocycles. The molecule has 0 spiro atoms. The van der Waals surface area contributed by atoms with Crippen LogP contribution < -0.4 is 5.73 Å². The van der Waals surface area contributed by atoms with Gasteiger partial charge in [0.2, 0.25) is 5.91 Å². The molecule has 3 fully saturated rings. The number of likely N-dealkylation sites (tertiary alicyclic amines) is 1. The largest absolute Gasteiger partial charge is 0.366 e. The Balaban J connectivity index is 1.62. The number of thiazole rings is 1. The van der Waals surface area contributed by atoms with Crippen LogP contribution in [0, 0.1) is 11.7 Å². The second-order valence-electron chi connectivity index (χ2n) is 9.02. The number of hydrogen-bond acceptors (Lipinski definition) is 7. The summed E-state index contributed by atoms with van der Waals surface area (Å²) in [4.78, 5) is 48.9. The SMILES string of the molecule is NC(=O)c1nc([C@@H](C(=O)N2C[C@H](Cl)[C@H]3OCC(=O)[C@H]32)C2CCCCC2)c(-c2ccncc2F)s1. The fourth-order valence-electron chi connectivity index (χ4n) is 5.41. The topological polar surface area (TPSA) is 115 Å². The summed E-state index contributed by atoms with van der Waals surface area (Å²) >= 11 is 7.41. The summed E-state index contributed by atoms with van der Waals surface area (Å²) in [6.07, 6.45) is 6.53. The zero-order valence-corrected chi connectivity index (χ0v) is 19.9. The lowest BCUT2D eigenvalue weighted by Gasteiger charge is -2.33. The van der Waals surface area contributed by atoms with Gasteiger partial charge < -0.3 is 15.4 Å². The van der Waals surface area contributed by atoms with Gasteiger partial charge in [0.1, 0.15) is 24.6 Å². The zero-order valence-electron chi connectivity index (χ0n) is 18.3. The molecule has 8 nitrogen and oxygen atoms in total. The maximum atomic E-state index is 14.8. The van der Waals surface area contributed by atoms with Gasteiger partial charge in [0.25, 0.3) is 5.91 Å². The number of primary amides is 1. The summed E-state index contributed by atoms with van der Waals surface area (Å²) < 4.78 is 20.3. The van der Waals surface area contributed by atoms with E-state index in [0.717, 1.165) is 49.6 Å². The number of halogens is 2. The first-order chi connectivity index (χ1) is 16.4. The predicted molar refractivity (Wildman–Crippen MR) is 123 cm³/mol. The van der Waals surface area contributed by atoms with Gasteiger partial charge in [-0.3, -0.25) is 19.4 Å². The van der Waals surface area contributed by atoms with Crippen LogP contribution in [-0.4, -0.2) is 63.1 Å². The van der Waals surface area contributed by atoms with Crippen LogP contribution in [0.2, 0.25) is 0 Å². The molecule has 11 heteroatoms. The van der Waals surface area contributed by atoms with Crippen LogP contribution in [0.15, 0.2) is 18.5 Å². The van der Waals surface area contributed by atoms with Crippen molar-refractivity contribution in [3.8, 4) is 10.4 Å². The highest BCUT2D eigenvalue weighted by atomic mass is 35.5. The van der Waals surface area contributed by atoms with Crippen molar-refractivity contribution in [1.82, 2.24) is 14.9 Å². The molecule has 2 amide bonds. The summed E-state index contributed by atoms with van der Waals surface area (Å²) in [7, 11) is 0. The molecule has 4 atom stereocenters. The number of Topliss-reactive ketones (excluding diaryl/α,β-unsaturated/α-hetero) is 1. The third-order valence-electron chi connectivity index (χ3n) is 6.97. The summed E-state index contributed by atoms with van der Waals surface area (Å²) in [5.41, 5.74) is 6.05. The highest BCUT2D eigenvalue weighted by molar-refractivity contribution is 7.17. The number of carbonyl (C=O) groups is 3. The fraction of sp³-hybridized carbons (Fsp3) is 0.522. The van der Waals surface area contributed by atoms with Crippen molar-refractivity contribution in [2.75, 3.05) is 13.2 Å². The number of amides is 2. The number of pyridine rings is 1. The number of rotatable bonds is 5. The Morgan fingerprint density at radius 2 is 2.06 bits per heavy atom. The van der Waals surface area contributed by atoms with Crippen molar-refractivity contribution in [1.29, 1.82) is 0 Å². The molecule has 1 saturated carbocycles. The van der Waals surface area contributed by atoms with Gasteiger partial charge >= 0.3 is 0 Å². The van der Waals surface area contributed by atoms with Crippen LogP contribution in [0.1, 0.15) is 53.5 Å². The Kier molecular flexibility index (Phi) is 6.39. The van der Waals surface area contributed by atoms with Crippen LogP contribution >= 0.6 is 22.9 Å². The molecule has 2 N–H and O–H groups in total. The van der Waals surface area contributed by atoms with Crippen molar-refractivity contribution in [2.45, 2.75) is 55.5 Å². The molecule has 180 valence electrons. The monoisotopic (exact) mass is 506 g/mol. The first kappa shape index (κ1) is 23.3. The lowest BCUT2D eigenvalue weighted by atomic mass is 9.77. The minimum absolute atomic E-state index is 0.00427. The second kappa shape index (κ2) is 9.31. The van der Waals surface area contributed by atoms with Gasteiger partial charge in [-0.2, -0.15) is 0 Å². The average molecular weight is 507 g/mol. The Bertz CT molecular complexity index is 1140. The van der Waals surface area contributed by atoms with Crippen molar-refractivity contribution in [3.05, 3.63) is 35.0 Å². The summed E-state index contributed by atoms with van der Waals surface area (Å²) in [5, 5.41) is -0.495. The van der Waals surface area contributed by atoms with E-state index in [2.05, 4.69) is 9.97 Å². The van der Waals surface area contributed by atoms with Gasteiger partial charge in [-0.15, -0.1) is 22.9 Å². The number of carbonyl (C=O) groups excluding carboxylic acids is 3. The molecular weight excluding hydrogens is 483 g/mol. The molecule has 2 aromatic heterocycles. The first-order valence-electron chi connectivity index (χ1n) is 11.4. The Hall–Kier alpha value is -2.43. The van der Waals surface area contributed by atoms with Gasteiger partial charge in [0.05, 0.1) is 28.1 Å². The maximum absolute atomic E-state index is 14.8. The molecule has 2 aromatic rings. The lowest BCUT2D eigenvalue weighted by molar-refractivity contribution is -0.139. The quantitative estimate of drug-likeness (QED) is 0.623. The number of fused-ring (bicyclic) bond motifs is 1. The highest BCUT2D eigenvalue weighted by Gasteiger charge is 2.53. The molecule has 1 aliphatic carbocycles. The van der Waals surface area contributed by atoms with E-state index in [1.807, 2.05) is 0 Å². The van der Waals surface area contributed by atoms with Gasteiger partial charge in [-0.05, 0) is 24.8 Å². The molecule has 5 rings (SSSR count). The third kappa shape index (κ3) is 4.01. The predicted octanol–water partition coefficient (Wildman–Crippen LogP) is 2.89. The zero-order chi connectivity index (χ0) is 24.0. The maximum Gasteiger partial charge on any atom is 0.277 e. The second-order valence-corrected chi connectivity index (χ2v) is 10.6. The van der Waals surface area contributed by atoms with Gasteiger partial charge in [-0.25, -0.2) is 9.37 Å². The number of alkyl halides is 1. The smallest absolute Gasteiger partial charge is 0.277 e. The normalized spacial score (nSPS) is 26.0. The van der Waals surface area contributed by atoms with Crippen LogP contribution in [0.4, 0.5) is 4.39 Å². The van der Waals surface area contributed by atoms with Crippen molar-refractivity contribution >= 4 is 40.5 Å². The molecule has 3 aliphatic rings. The molecule has 0 unspecified atom stereocenters. The highest BCUT2D eigenvalue weighted by Crippen LogP contribution is 2.45. The minimum atomic E-state index is -0.761. The van der Waals surface area contributed by atoms with Gasteiger partial charge in [0, 0.05) is 18.3 Å². The third-order valence-corrected chi connectivity index (χ3v) is 8.47. The standard InChI is InChI=1S/C23H24ClFN4O4S/c24-13-9-29(18-15(30)10-33-19(13)18)23(32)16(11-4-2-1-3-5-11)17-20(34-22(28-17)21(26)31)12-6-7-27-8-14(12)25/h6-8,11,13,16,18-19H,1-5,9-10H2,(H2,26,31)/t13-,16-,18+,19+/m0/s1. The van der Waals surface area contributed by atoms with E-state index in [1.54, 1.807) is 0 Å². The molecule has 0 aromatic carbocycles. The lowest BCUT2D eigenvalue weighted by Crippen LogP contribution is -2.46. The van der Waals surface area contributed by atoms with E-state index >= 15 is 0 Å². The van der Waals surface area contributed by atoms with Crippen molar-refractivity contribution in [2.24, 2.45) is 11.7 Å². The molecular formula is C23H24ClFN4O4S. The number of hydrogen-bond donors (Lipinski definition) is 1. The summed E-state index contributed by atoms with van der Waals surface area (Å²) in [5.74, 6) is -2.63. The minimum Gasteiger partial charge on any atom is -0.366 e. The van der Waals surface area contributed by atoms with E-state index in [9.17, 15) is 18.8 Å². The van der Waals surface area contributed by atoms with Crippen molar-refractivity contribution < 1.29 is 23.5 Å². The molecule has 4 heterocycles. The van der Waals surface area contributed by atoms with Crippen LogP contribution in [-0.2, 0) is 14.3 Å². The van der Waals surface area contributed by atoms with Gasteiger partial charge in [0.15, 0.2) is 10.8 Å². The van der Waals surface area contributed by atoms with E-state index < -0.39 is 35.2 Å². The molecule has 2 saturated heterocycles. The van der Waals surface area contributed by atoms with Crippen LogP contribution in [0.25, 0.3) is 10.4 Å². The van der Waals surface area contributed by atoms with E-state index in [4.69, 9.17) is 22.1 Å². The van der Waals surface area contributed by atoms with E-state index in [-0.39, 0.29) is 41.3 Å². The Morgan fingerprint density at radius 3 is 2.76 bits per heavy atom. The van der Waals surface area contributed by atoms with Crippen LogP contribution in [0.3, 0.4) is 0 Å². The summed E-state index contributed by atoms with van der Waals surface area (Å²) in [6.45, 7) is 0.100. The average Bonchev–Trinajstić information content (AvgIpc) is 3.51. The van der Waals surface area contributed by atoms with E-state index in [1.165, 1.54) is 17.2 Å². The fourth-order valence-corrected chi connectivity index (χ4v) is 6.76. The number of nitrogens with zero attached hydrogens (tertiary/aromatic N) is 3. The van der Waals surface area contributed by atoms with Crippen LogP contribution in [0.5, 0.6) is 0 Å². The number of ketones is 1. The molecule has 0 bridgehead atoms. The molecule has 0 radical (unpaired) electrons. The number of aromatic nitrogens is 2. The van der Waals surface area contributed by atoms with E-state index in [0.29, 0.717) is 10.6 Å². The number of nitrogens with two attached hydrogens (primary N) is 1.